The zero-order valence-electron chi connectivity index (χ0n) is 9.44. The second-order valence-corrected chi connectivity index (χ2v) is 5.64. The summed E-state index contributed by atoms with van der Waals surface area (Å²) in [5.74, 6) is 0.880. The van der Waals surface area contributed by atoms with Gasteiger partial charge in [0, 0.05) is 10.5 Å². The third kappa shape index (κ3) is 2.13. The van der Waals surface area contributed by atoms with Gasteiger partial charge in [0.25, 0.3) is 0 Å². The van der Waals surface area contributed by atoms with Crippen molar-refractivity contribution in [2.75, 3.05) is 11.1 Å². The topological polar surface area (TPSA) is 78.9 Å². The molecule has 0 saturated carbocycles. The number of thioether (sulfide) groups is 1. The van der Waals surface area contributed by atoms with Crippen LogP contribution in [0.5, 0.6) is 0 Å². The van der Waals surface area contributed by atoms with E-state index in [2.05, 4.69) is 26.4 Å². The lowest BCUT2D eigenvalue weighted by molar-refractivity contribution is -0.113. The molecule has 0 saturated heterocycles. The Bertz CT molecular complexity index is 720. The molecule has 2 heterocycles. The molecule has 19 heavy (non-hydrogen) atoms. The Hall–Kier alpha value is -1.78. The summed E-state index contributed by atoms with van der Waals surface area (Å²) in [4.78, 5) is 12.4. The van der Waals surface area contributed by atoms with Crippen molar-refractivity contribution >= 4 is 39.3 Å². The van der Waals surface area contributed by atoms with Gasteiger partial charge in [0.15, 0.2) is 11.5 Å². The number of hydrogen-bond donors (Lipinski definition) is 1. The Balaban J connectivity index is 2.07. The molecule has 1 aliphatic rings. The van der Waals surface area contributed by atoms with Gasteiger partial charge in [0.2, 0.25) is 5.91 Å². The average molecular weight is 336 g/mol. The Labute approximate surface area is 121 Å². The van der Waals surface area contributed by atoms with Crippen LogP contribution in [0.3, 0.4) is 0 Å². The van der Waals surface area contributed by atoms with E-state index in [0.717, 1.165) is 16.1 Å². The first-order valence-corrected chi connectivity index (χ1v) is 7.09. The van der Waals surface area contributed by atoms with Crippen LogP contribution >= 0.6 is 27.7 Å². The number of fused-ring (bicyclic) bond motifs is 1. The highest BCUT2D eigenvalue weighted by Gasteiger charge is 2.19. The summed E-state index contributed by atoms with van der Waals surface area (Å²) in [6.45, 7) is 0. The van der Waals surface area contributed by atoms with Gasteiger partial charge in [-0.1, -0.05) is 5.16 Å². The first-order valence-electron chi connectivity index (χ1n) is 5.31. The number of amides is 1. The van der Waals surface area contributed by atoms with Gasteiger partial charge in [0.05, 0.1) is 11.4 Å². The number of rotatable bonds is 1. The van der Waals surface area contributed by atoms with E-state index in [9.17, 15) is 4.79 Å². The summed E-state index contributed by atoms with van der Waals surface area (Å²) < 4.78 is 5.67. The quantitative estimate of drug-likeness (QED) is 0.866. The van der Waals surface area contributed by atoms with Crippen LogP contribution in [0, 0.1) is 11.3 Å². The summed E-state index contributed by atoms with van der Waals surface area (Å²) >= 11 is 4.78. The number of carbonyl (C=O) groups excluding carboxylic acids is 1. The molecular formula is C12H6BrN3O2S. The van der Waals surface area contributed by atoms with Crippen LogP contribution in [0.15, 0.2) is 32.1 Å². The Morgan fingerprint density at radius 2 is 2.37 bits per heavy atom. The van der Waals surface area contributed by atoms with E-state index in [1.165, 1.54) is 11.8 Å². The van der Waals surface area contributed by atoms with E-state index >= 15 is 0 Å². The molecule has 0 radical (unpaired) electrons. The fraction of sp³-hybridized carbons (Fsp3) is 0.0833. The summed E-state index contributed by atoms with van der Waals surface area (Å²) in [5, 5.41) is 15.3. The van der Waals surface area contributed by atoms with Crippen molar-refractivity contribution in [2.24, 2.45) is 0 Å². The average Bonchev–Trinajstić information content (AvgIpc) is 2.79. The maximum absolute atomic E-state index is 11.4. The highest BCUT2D eigenvalue weighted by Crippen LogP contribution is 2.37. The number of aromatic nitrogens is 1. The number of halogens is 1. The Morgan fingerprint density at radius 3 is 3.11 bits per heavy atom. The van der Waals surface area contributed by atoms with Gasteiger partial charge in [-0.05, 0) is 34.1 Å². The van der Waals surface area contributed by atoms with E-state index in [4.69, 9.17) is 9.78 Å². The van der Waals surface area contributed by atoms with E-state index in [-0.39, 0.29) is 11.6 Å². The maximum atomic E-state index is 11.4. The molecule has 3 rings (SSSR count). The third-order valence-electron chi connectivity index (χ3n) is 2.62. The largest absolute Gasteiger partial charge is 0.354 e. The number of nitriles is 1. The van der Waals surface area contributed by atoms with Crippen LogP contribution in [0.4, 0.5) is 5.69 Å². The number of benzene rings is 1. The van der Waals surface area contributed by atoms with Crippen molar-refractivity contribution in [3.63, 3.8) is 0 Å². The molecule has 0 unspecified atom stereocenters. The summed E-state index contributed by atoms with van der Waals surface area (Å²) in [5.41, 5.74) is 1.70. The van der Waals surface area contributed by atoms with Crippen molar-refractivity contribution in [1.82, 2.24) is 5.16 Å². The van der Waals surface area contributed by atoms with Gasteiger partial charge in [-0.2, -0.15) is 5.26 Å². The Kier molecular flexibility index (Phi) is 3.05. The second-order valence-electron chi connectivity index (χ2n) is 3.83. The zero-order valence-corrected chi connectivity index (χ0v) is 11.8. The molecular weight excluding hydrogens is 330 g/mol. The van der Waals surface area contributed by atoms with Gasteiger partial charge in [-0.25, -0.2) is 0 Å². The number of nitrogens with one attached hydrogen (secondary N) is 1. The maximum Gasteiger partial charge on any atom is 0.234 e. The van der Waals surface area contributed by atoms with E-state index in [1.807, 2.05) is 24.3 Å². The molecule has 94 valence electrons. The lowest BCUT2D eigenvalue weighted by Crippen LogP contribution is -2.18. The lowest BCUT2D eigenvalue weighted by atomic mass is 10.1. The molecule has 1 N–H and O–H groups in total. The van der Waals surface area contributed by atoms with Crippen LogP contribution in [0.1, 0.15) is 5.69 Å². The minimum Gasteiger partial charge on any atom is -0.354 e. The van der Waals surface area contributed by atoms with Crippen LogP contribution in [-0.4, -0.2) is 16.8 Å². The predicted molar refractivity (Wildman–Crippen MR) is 73.7 cm³/mol. The molecule has 1 aromatic carbocycles. The number of anilines is 1. The van der Waals surface area contributed by atoms with Crippen molar-refractivity contribution in [2.45, 2.75) is 4.90 Å². The van der Waals surface area contributed by atoms with Crippen LogP contribution < -0.4 is 5.32 Å². The first-order chi connectivity index (χ1) is 9.19. The molecule has 0 fully saturated rings. The van der Waals surface area contributed by atoms with Gasteiger partial charge in [-0.3, -0.25) is 4.79 Å². The lowest BCUT2D eigenvalue weighted by Gasteiger charge is -2.16. The SMILES string of the molecule is N#Cc1noc(-c2ccc3c(c2)NC(=O)CS3)c1Br. The molecule has 0 spiro atoms. The summed E-state index contributed by atoms with van der Waals surface area (Å²) in [6, 6.07) is 7.52. The molecule has 1 aliphatic heterocycles. The number of carbonyl (C=O) groups is 1. The third-order valence-corrected chi connectivity index (χ3v) is 4.43. The molecule has 0 atom stereocenters. The number of nitrogens with zero attached hydrogens (tertiary/aromatic N) is 2. The second kappa shape index (κ2) is 4.72. The monoisotopic (exact) mass is 335 g/mol. The number of hydrogen-bond acceptors (Lipinski definition) is 5. The van der Waals surface area contributed by atoms with Crippen molar-refractivity contribution in [3.05, 3.63) is 28.4 Å². The molecule has 7 heteroatoms. The molecule has 1 aromatic heterocycles. The van der Waals surface area contributed by atoms with Gasteiger partial charge < -0.3 is 9.84 Å². The van der Waals surface area contributed by atoms with Crippen molar-refractivity contribution in [1.29, 1.82) is 5.26 Å². The highest BCUT2D eigenvalue weighted by atomic mass is 79.9. The van der Waals surface area contributed by atoms with Gasteiger partial charge in [0.1, 0.15) is 10.5 Å². The van der Waals surface area contributed by atoms with Crippen LogP contribution in [0.2, 0.25) is 0 Å². The smallest absolute Gasteiger partial charge is 0.234 e. The summed E-state index contributed by atoms with van der Waals surface area (Å²) in [6.07, 6.45) is 0. The minimum atomic E-state index is -0.0241. The molecule has 0 bridgehead atoms. The van der Waals surface area contributed by atoms with Gasteiger partial charge in [-0.15, -0.1) is 11.8 Å². The van der Waals surface area contributed by atoms with E-state index in [1.54, 1.807) is 0 Å². The minimum absolute atomic E-state index is 0.0241. The first kappa shape index (κ1) is 12.3. The van der Waals surface area contributed by atoms with E-state index < -0.39 is 0 Å². The molecule has 5 nitrogen and oxygen atoms in total. The zero-order chi connectivity index (χ0) is 13.4. The van der Waals surface area contributed by atoms with Crippen LogP contribution in [0.25, 0.3) is 11.3 Å². The fourth-order valence-electron chi connectivity index (χ4n) is 1.75. The van der Waals surface area contributed by atoms with Crippen LogP contribution in [-0.2, 0) is 4.79 Å². The van der Waals surface area contributed by atoms with Crippen molar-refractivity contribution < 1.29 is 9.32 Å². The molecule has 2 aromatic rings. The fourth-order valence-corrected chi connectivity index (χ4v) is 3.00. The van der Waals surface area contributed by atoms with Crippen molar-refractivity contribution in [3.8, 4) is 17.4 Å². The normalized spacial score (nSPS) is 13.6. The standard InChI is InChI=1S/C12H6BrN3O2S/c13-11-8(4-14)16-18-12(11)6-1-2-9-7(3-6)15-10(17)5-19-9/h1-3H,5H2,(H,15,17). The van der Waals surface area contributed by atoms with E-state index in [0.29, 0.717) is 16.0 Å². The Morgan fingerprint density at radius 1 is 1.53 bits per heavy atom. The summed E-state index contributed by atoms with van der Waals surface area (Å²) in [7, 11) is 0. The predicted octanol–water partition coefficient (Wildman–Crippen LogP) is 3.02. The highest BCUT2D eigenvalue weighted by molar-refractivity contribution is 9.10. The molecule has 1 amide bonds. The molecule has 0 aliphatic carbocycles. The van der Waals surface area contributed by atoms with Gasteiger partial charge >= 0.3 is 0 Å².